The van der Waals surface area contributed by atoms with Crippen molar-refractivity contribution in [2.75, 3.05) is 0 Å². The fourth-order valence-electron chi connectivity index (χ4n) is 4.24. The van der Waals surface area contributed by atoms with E-state index in [0.29, 0.717) is 24.3 Å². The Bertz CT molecular complexity index is 859. The lowest BCUT2D eigenvalue weighted by molar-refractivity contribution is -0.156. The number of nitrogens with two attached hydrogens (primary N) is 1. The van der Waals surface area contributed by atoms with Crippen LogP contribution in [0.2, 0.25) is 0 Å². The van der Waals surface area contributed by atoms with Gasteiger partial charge in [0.1, 0.15) is 17.0 Å². The molecule has 2 aromatic rings. The minimum absolute atomic E-state index is 0.191. The van der Waals surface area contributed by atoms with Crippen molar-refractivity contribution in [3.8, 4) is 11.5 Å². The molecule has 1 aliphatic carbocycles. The maximum absolute atomic E-state index is 12.1. The van der Waals surface area contributed by atoms with Gasteiger partial charge in [-0.05, 0) is 37.3 Å². The topological polar surface area (TPSA) is 110 Å². The van der Waals surface area contributed by atoms with Crippen molar-refractivity contribution >= 4 is 11.9 Å². The summed E-state index contributed by atoms with van der Waals surface area (Å²) in [6.45, 7) is 0. The van der Waals surface area contributed by atoms with Gasteiger partial charge in [0.25, 0.3) is 0 Å². The monoisotopic (exact) mass is 367 g/mol. The molecule has 4 N–H and O–H groups in total. The predicted molar refractivity (Wildman–Crippen MR) is 97.8 cm³/mol. The van der Waals surface area contributed by atoms with Gasteiger partial charge in [0, 0.05) is 17.0 Å². The molecule has 2 aliphatic rings. The Morgan fingerprint density at radius 1 is 1.00 bits per heavy atom. The number of carboxylic acids is 2. The molecule has 1 heterocycles. The smallest absolute Gasteiger partial charge is 0.323 e. The molecule has 0 radical (unpaired) electrons. The van der Waals surface area contributed by atoms with Crippen LogP contribution in [0.15, 0.2) is 48.5 Å². The summed E-state index contributed by atoms with van der Waals surface area (Å²) in [5, 5.41) is 19.0. The first-order chi connectivity index (χ1) is 12.9. The van der Waals surface area contributed by atoms with Crippen LogP contribution >= 0.6 is 0 Å². The second-order valence-corrected chi connectivity index (χ2v) is 7.48. The lowest BCUT2D eigenvalue weighted by Gasteiger charge is -2.45. The second-order valence-electron chi connectivity index (χ2n) is 7.48. The van der Waals surface area contributed by atoms with Gasteiger partial charge < -0.3 is 20.7 Å². The standard InChI is InChI=1S/C21H21NO5/c22-21(20(25)26,13-9-12(10-13)19(23)24)11-16-14-5-1-3-7-17(14)27-18-8-4-2-6-15(16)18/h1-8,12-13,16H,9-11,22H2,(H,23,24)(H,25,26)/t12-,13+,21?. The first-order valence-electron chi connectivity index (χ1n) is 9.01. The molecule has 6 nitrogen and oxygen atoms in total. The molecule has 4 rings (SSSR count). The molecule has 0 aromatic heterocycles. The van der Waals surface area contributed by atoms with E-state index in [1.165, 1.54) is 0 Å². The lowest BCUT2D eigenvalue weighted by atomic mass is 9.61. The average molecular weight is 367 g/mol. The largest absolute Gasteiger partial charge is 0.481 e. The quantitative estimate of drug-likeness (QED) is 0.748. The molecule has 0 bridgehead atoms. The Hall–Kier alpha value is -2.86. The van der Waals surface area contributed by atoms with Gasteiger partial charge in [-0.1, -0.05) is 36.4 Å². The van der Waals surface area contributed by atoms with Gasteiger partial charge in [0.15, 0.2) is 0 Å². The van der Waals surface area contributed by atoms with E-state index >= 15 is 0 Å². The number of ether oxygens (including phenoxy) is 1. The van der Waals surface area contributed by atoms with E-state index in [1.807, 2.05) is 48.5 Å². The Morgan fingerprint density at radius 2 is 1.52 bits per heavy atom. The van der Waals surface area contributed by atoms with Gasteiger partial charge in [0.2, 0.25) is 0 Å². The summed E-state index contributed by atoms with van der Waals surface area (Å²) in [5.41, 5.74) is 6.74. The number of para-hydroxylation sites is 2. The zero-order chi connectivity index (χ0) is 19.2. The normalized spacial score (nSPS) is 23.1. The van der Waals surface area contributed by atoms with Crippen LogP contribution in [0.25, 0.3) is 0 Å². The summed E-state index contributed by atoms with van der Waals surface area (Å²) in [4.78, 5) is 23.3. The summed E-state index contributed by atoms with van der Waals surface area (Å²) in [7, 11) is 0. The fourth-order valence-corrected chi connectivity index (χ4v) is 4.24. The third kappa shape index (κ3) is 2.86. The third-order valence-electron chi connectivity index (χ3n) is 5.96. The maximum atomic E-state index is 12.1. The van der Waals surface area contributed by atoms with Crippen LogP contribution in [0.3, 0.4) is 0 Å². The van der Waals surface area contributed by atoms with E-state index in [2.05, 4.69) is 0 Å². The number of aliphatic carboxylic acids is 2. The van der Waals surface area contributed by atoms with Gasteiger partial charge in [0.05, 0.1) is 5.92 Å². The van der Waals surface area contributed by atoms with E-state index in [-0.39, 0.29) is 18.3 Å². The van der Waals surface area contributed by atoms with Gasteiger partial charge in [-0.3, -0.25) is 9.59 Å². The first-order valence-corrected chi connectivity index (χ1v) is 9.01. The molecule has 1 aliphatic heterocycles. The molecule has 0 spiro atoms. The highest BCUT2D eigenvalue weighted by Gasteiger charge is 2.52. The molecule has 1 fully saturated rings. The zero-order valence-electron chi connectivity index (χ0n) is 14.7. The highest BCUT2D eigenvalue weighted by Crippen LogP contribution is 2.50. The van der Waals surface area contributed by atoms with Crippen LogP contribution in [0.5, 0.6) is 11.5 Å². The first kappa shape index (κ1) is 17.5. The van der Waals surface area contributed by atoms with Crippen LogP contribution in [0.1, 0.15) is 36.3 Å². The molecule has 6 heteroatoms. The van der Waals surface area contributed by atoms with Crippen molar-refractivity contribution in [3.05, 3.63) is 59.7 Å². The van der Waals surface area contributed by atoms with Crippen LogP contribution in [0, 0.1) is 11.8 Å². The molecule has 0 amide bonds. The zero-order valence-corrected chi connectivity index (χ0v) is 14.7. The predicted octanol–water partition coefficient (Wildman–Crippen LogP) is 3.21. The van der Waals surface area contributed by atoms with Crippen molar-refractivity contribution in [2.24, 2.45) is 17.6 Å². The fraction of sp³-hybridized carbons (Fsp3) is 0.333. The van der Waals surface area contributed by atoms with Crippen LogP contribution < -0.4 is 10.5 Å². The minimum Gasteiger partial charge on any atom is -0.481 e. The number of fused-ring (bicyclic) bond motifs is 2. The number of benzene rings is 2. The molecular weight excluding hydrogens is 346 g/mol. The molecule has 1 unspecified atom stereocenters. The summed E-state index contributed by atoms with van der Waals surface area (Å²) in [5.74, 6) is -1.67. The summed E-state index contributed by atoms with van der Waals surface area (Å²) >= 11 is 0. The van der Waals surface area contributed by atoms with Crippen LogP contribution in [0.4, 0.5) is 0 Å². The Balaban J connectivity index is 1.70. The van der Waals surface area contributed by atoms with E-state index < -0.39 is 23.4 Å². The minimum atomic E-state index is -1.49. The van der Waals surface area contributed by atoms with E-state index in [0.717, 1.165) is 11.1 Å². The van der Waals surface area contributed by atoms with Gasteiger partial charge in [-0.2, -0.15) is 0 Å². The molecule has 1 saturated carbocycles. The second kappa shape index (κ2) is 6.39. The summed E-state index contributed by atoms with van der Waals surface area (Å²) in [6.07, 6.45) is 0.784. The SMILES string of the molecule is NC(CC1c2ccccc2Oc2ccccc21)(C(=O)O)[C@H]1C[C@@H](C(=O)O)C1. The maximum Gasteiger partial charge on any atom is 0.323 e. The summed E-state index contributed by atoms with van der Waals surface area (Å²) < 4.78 is 5.97. The van der Waals surface area contributed by atoms with Crippen molar-refractivity contribution in [3.63, 3.8) is 0 Å². The molecular formula is C21H21NO5. The highest BCUT2D eigenvalue weighted by atomic mass is 16.5. The van der Waals surface area contributed by atoms with E-state index in [9.17, 15) is 14.7 Å². The summed E-state index contributed by atoms with van der Waals surface area (Å²) in [6, 6.07) is 15.1. The van der Waals surface area contributed by atoms with Crippen molar-refractivity contribution in [1.29, 1.82) is 0 Å². The van der Waals surface area contributed by atoms with Crippen molar-refractivity contribution in [2.45, 2.75) is 30.7 Å². The number of carbonyl (C=O) groups is 2. The number of hydrogen-bond acceptors (Lipinski definition) is 4. The number of hydrogen-bond donors (Lipinski definition) is 3. The molecule has 140 valence electrons. The Morgan fingerprint density at radius 3 is 2.00 bits per heavy atom. The molecule has 27 heavy (non-hydrogen) atoms. The van der Waals surface area contributed by atoms with Gasteiger partial charge in [-0.15, -0.1) is 0 Å². The van der Waals surface area contributed by atoms with Gasteiger partial charge in [-0.25, -0.2) is 0 Å². The van der Waals surface area contributed by atoms with Crippen LogP contribution in [-0.2, 0) is 9.59 Å². The van der Waals surface area contributed by atoms with E-state index in [1.54, 1.807) is 0 Å². The van der Waals surface area contributed by atoms with Crippen LogP contribution in [-0.4, -0.2) is 27.7 Å². The average Bonchev–Trinajstić information content (AvgIpc) is 2.59. The highest BCUT2D eigenvalue weighted by molar-refractivity contribution is 5.81. The lowest BCUT2D eigenvalue weighted by Crippen LogP contribution is -2.59. The molecule has 1 atom stereocenters. The Labute approximate surface area is 156 Å². The number of carboxylic acid groups (broad SMARTS) is 2. The van der Waals surface area contributed by atoms with Crippen molar-refractivity contribution < 1.29 is 24.5 Å². The molecule has 0 saturated heterocycles. The third-order valence-corrected chi connectivity index (χ3v) is 5.96. The molecule has 2 aromatic carbocycles. The Kier molecular flexibility index (Phi) is 4.15. The van der Waals surface area contributed by atoms with Gasteiger partial charge >= 0.3 is 11.9 Å². The van der Waals surface area contributed by atoms with Crippen molar-refractivity contribution in [1.82, 2.24) is 0 Å². The van der Waals surface area contributed by atoms with E-state index in [4.69, 9.17) is 15.6 Å². The number of rotatable bonds is 5.